The van der Waals surface area contributed by atoms with Gasteiger partial charge in [0.2, 0.25) is 5.91 Å². The summed E-state index contributed by atoms with van der Waals surface area (Å²) in [5, 5.41) is 7.55. The first-order valence-corrected chi connectivity index (χ1v) is 7.97. The van der Waals surface area contributed by atoms with Gasteiger partial charge in [-0.2, -0.15) is 0 Å². The summed E-state index contributed by atoms with van der Waals surface area (Å²) in [5.74, 6) is 0.394. The first-order valence-electron chi connectivity index (χ1n) is 6.23. The minimum Gasteiger partial charge on any atom is -0.351 e. The Kier molecular flexibility index (Phi) is 8.07. The lowest BCUT2D eigenvalue weighted by atomic mass is 10.1. The normalized spacial score (nSPS) is 18.2. The van der Waals surface area contributed by atoms with Gasteiger partial charge in [0.15, 0.2) is 0 Å². The Labute approximate surface area is 139 Å². The Hall–Kier alpha value is -0.130. The van der Waals surface area contributed by atoms with Gasteiger partial charge in [0.05, 0.1) is 10.8 Å². The fraction of sp³-hybridized carbons (Fsp3) is 0.462. The molecule has 7 heteroatoms. The molecular formula is C13H17Cl3N2OS. The van der Waals surface area contributed by atoms with Gasteiger partial charge >= 0.3 is 0 Å². The topological polar surface area (TPSA) is 41.1 Å². The Morgan fingerprint density at radius 1 is 1.45 bits per heavy atom. The molecule has 0 saturated carbocycles. The predicted molar refractivity (Wildman–Crippen MR) is 88.5 cm³/mol. The smallest absolute Gasteiger partial charge is 0.230 e. The second-order valence-electron chi connectivity index (χ2n) is 4.47. The van der Waals surface area contributed by atoms with Crippen LogP contribution in [0, 0.1) is 0 Å². The zero-order chi connectivity index (χ0) is 13.7. The van der Waals surface area contributed by atoms with Crippen LogP contribution in [0.5, 0.6) is 0 Å². The fourth-order valence-electron chi connectivity index (χ4n) is 1.98. The van der Waals surface area contributed by atoms with Crippen molar-refractivity contribution in [3.8, 4) is 0 Å². The van der Waals surface area contributed by atoms with Crippen LogP contribution in [-0.4, -0.2) is 30.8 Å². The van der Waals surface area contributed by atoms with E-state index >= 15 is 0 Å². The number of hydrogen-bond acceptors (Lipinski definition) is 3. The number of amides is 1. The van der Waals surface area contributed by atoms with E-state index in [1.807, 2.05) is 0 Å². The van der Waals surface area contributed by atoms with Gasteiger partial charge < -0.3 is 10.6 Å². The van der Waals surface area contributed by atoms with Crippen LogP contribution in [0.25, 0.3) is 0 Å². The summed E-state index contributed by atoms with van der Waals surface area (Å²) in [6.45, 7) is 1.90. The number of carbonyl (C=O) groups excluding carboxylic acids is 1. The van der Waals surface area contributed by atoms with Crippen molar-refractivity contribution in [2.45, 2.75) is 23.8 Å². The lowest BCUT2D eigenvalue weighted by Crippen LogP contribution is -2.46. The summed E-state index contributed by atoms with van der Waals surface area (Å²) in [6, 6.07) is 5.51. The third-order valence-electron chi connectivity index (χ3n) is 2.91. The summed E-state index contributed by atoms with van der Waals surface area (Å²) >= 11 is 13.4. The first kappa shape index (κ1) is 17.9. The van der Waals surface area contributed by atoms with Gasteiger partial charge in [-0.1, -0.05) is 23.2 Å². The van der Waals surface area contributed by atoms with E-state index in [2.05, 4.69) is 10.6 Å². The zero-order valence-electron chi connectivity index (χ0n) is 10.8. The van der Waals surface area contributed by atoms with E-state index in [0.717, 1.165) is 30.8 Å². The molecular weight excluding hydrogens is 339 g/mol. The second kappa shape index (κ2) is 9.00. The maximum absolute atomic E-state index is 11.8. The standard InChI is InChI=1S/C13H16Cl2N2OS.ClH/c14-9-3-4-11(15)12(6-9)19-8-13(18)17-10-2-1-5-16-7-10;/h3-4,6,10,16H,1-2,5,7-8H2,(H,17,18);1H/t10-;/m0./s1. The molecule has 0 aliphatic carbocycles. The molecule has 1 aliphatic heterocycles. The molecule has 2 N–H and O–H groups in total. The molecule has 0 radical (unpaired) electrons. The highest BCUT2D eigenvalue weighted by Crippen LogP contribution is 2.29. The summed E-state index contributed by atoms with van der Waals surface area (Å²) < 4.78 is 0. The second-order valence-corrected chi connectivity index (χ2v) is 6.34. The molecule has 1 fully saturated rings. The molecule has 1 atom stereocenters. The molecule has 1 amide bonds. The number of thioether (sulfide) groups is 1. The van der Waals surface area contributed by atoms with Gasteiger partial charge in [0, 0.05) is 22.5 Å². The van der Waals surface area contributed by atoms with E-state index in [9.17, 15) is 4.79 Å². The maximum atomic E-state index is 11.8. The van der Waals surface area contributed by atoms with Crippen LogP contribution in [0.15, 0.2) is 23.1 Å². The van der Waals surface area contributed by atoms with Gasteiger partial charge in [0.25, 0.3) is 0 Å². The summed E-state index contributed by atoms with van der Waals surface area (Å²) in [7, 11) is 0. The number of rotatable bonds is 4. The zero-order valence-corrected chi connectivity index (χ0v) is 14.0. The van der Waals surface area contributed by atoms with Crippen molar-refractivity contribution in [1.82, 2.24) is 10.6 Å². The van der Waals surface area contributed by atoms with Crippen LogP contribution in [-0.2, 0) is 4.79 Å². The highest BCUT2D eigenvalue weighted by atomic mass is 35.5. The number of benzene rings is 1. The van der Waals surface area contributed by atoms with Crippen LogP contribution < -0.4 is 10.6 Å². The first-order chi connectivity index (χ1) is 9.15. The van der Waals surface area contributed by atoms with Crippen molar-refractivity contribution in [1.29, 1.82) is 0 Å². The van der Waals surface area contributed by atoms with Gasteiger partial charge in [-0.15, -0.1) is 24.2 Å². The molecule has 1 aromatic rings. The molecule has 0 bridgehead atoms. The van der Waals surface area contributed by atoms with Crippen molar-refractivity contribution in [3.63, 3.8) is 0 Å². The van der Waals surface area contributed by atoms with Crippen molar-refractivity contribution in [3.05, 3.63) is 28.2 Å². The van der Waals surface area contributed by atoms with Crippen molar-refractivity contribution < 1.29 is 4.79 Å². The molecule has 3 nitrogen and oxygen atoms in total. The highest BCUT2D eigenvalue weighted by molar-refractivity contribution is 8.00. The Balaban J connectivity index is 0.00000200. The number of piperidine rings is 1. The van der Waals surface area contributed by atoms with E-state index in [4.69, 9.17) is 23.2 Å². The minimum atomic E-state index is 0. The number of hydrogen-bond donors (Lipinski definition) is 2. The molecule has 1 saturated heterocycles. The number of carbonyl (C=O) groups is 1. The summed E-state index contributed by atoms with van der Waals surface area (Å²) in [5.41, 5.74) is 0. The average Bonchev–Trinajstić information content (AvgIpc) is 2.41. The minimum absolute atomic E-state index is 0. The van der Waals surface area contributed by atoms with E-state index < -0.39 is 0 Å². The van der Waals surface area contributed by atoms with Crippen LogP contribution in [0.4, 0.5) is 0 Å². The largest absolute Gasteiger partial charge is 0.351 e. The Bertz CT molecular complexity index is 453. The van der Waals surface area contributed by atoms with Gasteiger partial charge in [-0.05, 0) is 37.6 Å². The Morgan fingerprint density at radius 2 is 2.25 bits per heavy atom. The third-order valence-corrected chi connectivity index (χ3v) is 4.65. The number of halogens is 3. The molecule has 2 rings (SSSR count). The van der Waals surface area contributed by atoms with Crippen molar-refractivity contribution >= 4 is 53.3 Å². The van der Waals surface area contributed by atoms with E-state index in [1.54, 1.807) is 18.2 Å². The van der Waals surface area contributed by atoms with E-state index in [0.29, 0.717) is 15.8 Å². The lowest BCUT2D eigenvalue weighted by Gasteiger charge is -2.23. The van der Waals surface area contributed by atoms with E-state index in [1.165, 1.54) is 11.8 Å². The molecule has 20 heavy (non-hydrogen) atoms. The highest BCUT2D eigenvalue weighted by Gasteiger charge is 2.15. The molecule has 1 heterocycles. The SMILES string of the molecule is Cl.O=C(CSc1cc(Cl)ccc1Cl)N[C@H]1CCCNC1. The van der Waals surface area contributed by atoms with Crippen molar-refractivity contribution in [2.24, 2.45) is 0 Å². The van der Waals surface area contributed by atoms with Gasteiger partial charge in [-0.25, -0.2) is 0 Å². The van der Waals surface area contributed by atoms with Crippen molar-refractivity contribution in [2.75, 3.05) is 18.8 Å². The van der Waals surface area contributed by atoms with Crippen LogP contribution in [0.3, 0.4) is 0 Å². The average molecular weight is 356 g/mol. The predicted octanol–water partition coefficient (Wildman–Crippen LogP) is 3.38. The monoisotopic (exact) mass is 354 g/mol. The molecule has 0 aromatic heterocycles. The summed E-state index contributed by atoms with van der Waals surface area (Å²) in [6.07, 6.45) is 2.15. The van der Waals surface area contributed by atoms with Crippen LogP contribution in [0.1, 0.15) is 12.8 Å². The molecule has 1 aliphatic rings. The maximum Gasteiger partial charge on any atom is 0.230 e. The van der Waals surface area contributed by atoms with Gasteiger partial charge in [0.1, 0.15) is 0 Å². The quantitative estimate of drug-likeness (QED) is 0.814. The molecule has 0 spiro atoms. The molecule has 112 valence electrons. The fourth-order valence-corrected chi connectivity index (χ4v) is 3.28. The van der Waals surface area contributed by atoms with Crippen LogP contribution in [0.2, 0.25) is 10.0 Å². The number of nitrogens with one attached hydrogen (secondary N) is 2. The van der Waals surface area contributed by atoms with E-state index in [-0.39, 0.29) is 24.4 Å². The molecule has 0 unspecified atom stereocenters. The van der Waals surface area contributed by atoms with Crippen LogP contribution >= 0.6 is 47.4 Å². The molecule has 1 aromatic carbocycles. The van der Waals surface area contributed by atoms with Gasteiger partial charge in [-0.3, -0.25) is 4.79 Å². The Morgan fingerprint density at radius 3 is 2.95 bits per heavy atom. The third kappa shape index (κ3) is 5.70. The summed E-state index contributed by atoms with van der Waals surface area (Å²) in [4.78, 5) is 12.7. The lowest BCUT2D eigenvalue weighted by molar-refractivity contribution is -0.119.